The lowest BCUT2D eigenvalue weighted by atomic mass is 10.0. The molecule has 140 valence electrons. The summed E-state index contributed by atoms with van der Waals surface area (Å²) in [6.45, 7) is 8.47. The second kappa shape index (κ2) is 8.45. The zero-order valence-electron chi connectivity index (χ0n) is 16.0. The van der Waals surface area contributed by atoms with Gasteiger partial charge >= 0.3 is 0 Å². The van der Waals surface area contributed by atoms with Crippen molar-refractivity contribution in [1.82, 2.24) is 25.0 Å². The number of carbonyl (C=O) groups is 1. The molecule has 0 radical (unpaired) electrons. The van der Waals surface area contributed by atoms with Gasteiger partial charge in [0.15, 0.2) is 0 Å². The molecular formula is C20H29N5O. The van der Waals surface area contributed by atoms with Gasteiger partial charge in [0.1, 0.15) is 17.7 Å². The maximum absolute atomic E-state index is 13.1. The van der Waals surface area contributed by atoms with Crippen LogP contribution < -0.4 is 5.32 Å². The van der Waals surface area contributed by atoms with E-state index < -0.39 is 0 Å². The third-order valence-corrected chi connectivity index (χ3v) is 5.15. The molecule has 1 N–H and O–H groups in total. The Morgan fingerprint density at radius 1 is 1.19 bits per heavy atom. The average molecular weight is 355 g/mol. The fraction of sp³-hybridized carbons (Fsp3) is 0.550. The van der Waals surface area contributed by atoms with Gasteiger partial charge in [-0.25, -0.2) is 0 Å². The molecule has 2 aromatic rings. The molecule has 1 amide bonds. The lowest BCUT2D eigenvalue weighted by Crippen LogP contribution is -2.42. The Labute approximate surface area is 155 Å². The Hall–Kier alpha value is -2.21. The minimum Gasteiger partial charge on any atom is -0.342 e. The molecule has 1 aliphatic rings. The van der Waals surface area contributed by atoms with Crippen molar-refractivity contribution in [1.29, 1.82) is 0 Å². The highest BCUT2D eigenvalue weighted by Gasteiger charge is 2.28. The molecular weight excluding hydrogens is 326 g/mol. The van der Waals surface area contributed by atoms with Crippen LogP contribution in [-0.2, 0) is 17.8 Å². The van der Waals surface area contributed by atoms with Gasteiger partial charge in [-0.2, -0.15) is 0 Å². The SMILES string of the molecule is CCN(CC)C(=O)[C@@H](N[C@H](C)c1nnc2n1CCCC2)c1ccccc1. The Morgan fingerprint density at radius 3 is 2.62 bits per heavy atom. The van der Waals surface area contributed by atoms with E-state index in [0.29, 0.717) is 13.1 Å². The summed E-state index contributed by atoms with van der Waals surface area (Å²) in [6.07, 6.45) is 3.32. The van der Waals surface area contributed by atoms with Crippen molar-refractivity contribution in [2.75, 3.05) is 13.1 Å². The molecule has 3 rings (SSSR count). The van der Waals surface area contributed by atoms with Crippen LogP contribution in [0.25, 0.3) is 0 Å². The molecule has 6 nitrogen and oxygen atoms in total. The second-order valence-electron chi connectivity index (χ2n) is 6.83. The number of amides is 1. The first-order valence-electron chi connectivity index (χ1n) is 9.67. The molecule has 0 saturated carbocycles. The highest BCUT2D eigenvalue weighted by molar-refractivity contribution is 5.83. The lowest BCUT2D eigenvalue weighted by Gasteiger charge is -2.28. The number of benzene rings is 1. The van der Waals surface area contributed by atoms with Gasteiger partial charge in [0, 0.05) is 26.1 Å². The van der Waals surface area contributed by atoms with E-state index in [4.69, 9.17) is 0 Å². The van der Waals surface area contributed by atoms with Gasteiger partial charge in [-0.3, -0.25) is 10.1 Å². The van der Waals surface area contributed by atoms with E-state index >= 15 is 0 Å². The predicted octanol–water partition coefficient (Wildman–Crippen LogP) is 2.87. The van der Waals surface area contributed by atoms with Crippen molar-refractivity contribution in [2.45, 2.75) is 58.7 Å². The summed E-state index contributed by atoms with van der Waals surface area (Å²) in [6, 6.07) is 9.49. The summed E-state index contributed by atoms with van der Waals surface area (Å²) in [5.41, 5.74) is 0.981. The highest BCUT2D eigenvalue weighted by Crippen LogP contribution is 2.23. The molecule has 0 spiro atoms. The first kappa shape index (κ1) is 18.6. The third kappa shape index (κ3) is 3.80. The van der Waals surface area contributed by atoms with Gasteiger partial charge in [-0.05, 0) is 39.2 Å². The van der Waals surface area contributed by atoms with Crippen molar-refractivity contribution in [3.63, 3.8) is 0 Å². The van der Waals surface area contributed by atoms with E-state index in [0.717, 1.165) is 36.6 Å². The van der Waals surface area contributed by atoms with Crippen molar-refractivity contribution in [3.8, 4) is 0 Å². The topological polar surface area (TPSA) is 63.1 Å². The summed E-state index contributed by atoms with van der Waals surface area (Å²) < 4.78 is 2.21. The number of hydrogen-bond acceptors (Lipinski definition) is 4. The molecule has 0 fully saturated rings. The number of rotatable bonds is 7. The molecule has 0 bridgehead atoms. The number of hydrogen-bond donors (Lipinski definition) is 1. The standard InChI is InChI=1S/C20H29N5O/c1-4-24(5-2)20(26)18(16-11-7-6-8-12-16)21-15(3)19-23-22-17-13-9-10-14-25(17)19/h6-8,11-12,15,18,21H,4-5,9-10,13-14H2,1-3H3/t15-,18+/m1/s1. The summed E-state index contributed by atoms with van der Waals surface area (Å²) in [7, 11) is 0. The van der Waals surface area contributed by atoms with Gasteiger partial charge in [-0.15, -0.1) is 10.2 Å². The van der Waals surface area contributed by atoms with Crippen LogP contribution >= 0.6 is 0 Å². The van der Waals surface area contributed by atoms with Crippen LogP contribution in [0.2, 0.25) is 0 Å². The van der Waals surface area contributed by atoms with Gasteiger partial charge in [0.25, 0.3) is 0 Å². The zero-order valence-corrected chi connectivity index (χ0v) is 16.0. The Balaban J connectivity index is 1.85. The number of fused-ring (bicyclic) bond motifs is 1. The molecule has 1 aromatic heterocycles. The molecule has 0 saturated heterocycles. The van der Waals surface area contributed by atoms with Crippen LogP contribution in [0.3, 0.4) is 0 Å². The number of aryl methyl sites for hydroxylation is 1. The maximum Gasteiger partial charge on any atom is 0.244 e. The highest BCUT2D eigenvalue weighted by atomic mass is 16.2. The number of aromatic nitrogens is 3. The lowest BCUT2D eigenvalue weighted by molar-refractivity contribution is -0.133. The van der Waals surface area contributed by atoms with Gasteiger partial charge in [-0.1, -0.05) is 30.3 Å². The van der Waals surface area contributed by atoms with Crippen LogP contribution in [0.5, 0.6) is 0 Å². The fourth-order valence-corrected chi connectivity index (χ4v) is 3.65. The van der Waals surface area contributed by atoms with Crippen molar-refractivity contribution in [3.05, 3.63) is 47.5 Å². The van der Waals surface area contributed by atoms with Crippen LogP contribution in [0.4, 0.5) is 0 Å². The number of nitrogens with zero attached hydrogens (tertiary/aromatic N) is 4. The number of nitrogens with one attached hydrogen (secondary N) is 1. The second-order valence-corrected chi connectivity index (χ2v) is 6.83. The largest absolute Gasteiger partial charge is 0.342 e. The third-order valence-electron chi connectivity index (χ3n) is 5.15. The molecule has 1 aliphatic heterocycles. The summed E-state index contributed by atoms with van der Waals surface area (Å²) in [5.74, 6) is 2.09. The van der Waals surface area contributed by atoms with E-state index in [1.54, 1.807) is 0 Å². The molecule has 2 atom stereocenters. The first-order valence-corrected chi connectivity index (χ1v) is 9.67. The van der Waals surface area contributed by atoms with Gasteiger partial charge in [0.05, 0.1) is 6.04 Å². The normalized spacial score (nSPS) is 16.0. The maximum atomic E-state index is 13.1. The molecule has 2 heterocycles. The fourth-order valence-electron chi connectivity index (χ4n) is 3.65. The molecule has 0 aliphatic carbocycles. The summed E-state index contributed by atoms with van der Waals surface area (Å²) in [4.78, 5) is 15.0. The van der Waals surface area contributed by atoms with Crippen LogP contribution in [0, 0.1) is 0 Å². The predicted molar refractivity (Wildman–Crippen MR) is 102 cm³/mol. The van der Waals surface area contributed by atoms with Crippen molar-refractivity contribution < 1.29 is 4.79 Å². The summed E-state index contributed by atoms with van der Waals surface area (Å²) in [5, 5.41) is 12.3. The molecule has 0 unspecified atom stereocenters. The smallest absolute Gasteiger partial charge is 0.244 e. The quantitative estimate of drug-likeness (QED) is 0.829. The van der Waals surface area contributed by atoms with Crippen molar-refractivity contribution in [2.24, 2.45) is 0 Å². The van der Waals surface area contributed by atoms with E-state index in [2.05, 4.69) is 27.0 Å². The number of likely N-dealkylation sites (N-methyl/N-ethyl adjacent to an activating group) is 1. The Morgan fingerprint density at radius 2 is 1.92 bits per heavy atom. The van der Waals surface area contributed by atoms with Crippen LogP contribution in [-0.4, -0.2) is 38.7 Å². The molecule has 6 heteroatoms. The molecule has 26 heavy (non-hydrogen) atoms. The van der Waals surface area contributed by atoms with E-state index in [-0.39, 0.29) is 18.0 Å². The minimum atomic E-state index is -0.386. The Bertz CT molecular complexity index is 723. The first-order chi connectivity index (χ1) is 12.7. The van der Waals surface area contributed by atoms with Gasteiger partial charge in [0.2, 0.25) is 5.91 Å². The summed E-state index contributed by atoms with van der Waals surface area (Å²) >= 11 is 0. The zero-order chi connectivity index (χ0) is 18.5. The van der Waals surface area contributed by atoms with Crippen molar-refractivity contribution >= 4 is 5.91 Å². The van der Waals surface area contributed by atoms with Crippen LogP contribution in [0.15, 0.2) is 30.3 Å². The van der Waals surface area contributed by atoms with E-state index in [1.165, 1.54) is 6.42 Å². The van der Waals surface area contributed by atoms with E-state index in [1.807, 2.05) is 49.1 Å². The van der Waals surface area contributed by atoms with Gasteiger partial charge < -0.3 is 9.47 Å². The van der Waals surface area contributed by atoms with E-state index in [9.17, 15) is 4.79 Å². The Kier molecular flexibility index (Phi) is 6.04. The number of carbonyl (C=O) groups excluding carboxylic acids is 1. The monoisotopic (exact) mass is 355 g/mol. The van der Waals surface area contributed by atoms with Crippen LogP contribution in [0.1, 0.15) is 62.9 Å². The minimum absolute atomic E-state index is 0.0564. The molecule has 1 aromatic carbocycles. The average Bonchev–Trinajstić information content (AvgIpc) is 3.11.